The van der Waals surface area contributed by atoms with E-state index in [0.717, 1.165) is 32.4 Å². The van der Waals surface area contributed by atoms with Crippen LogP contribution >= 0.6 is 11.6 Å². The van der Waals surface area contributed by atoms with Crippen LogP contribution in [0.5, 0.6) is 0 Å². The Morgan fingerprint density at radius 2 is 2.03 bits per heavy atom. The van der Waals surface area contributed by atoms with Crippen molar-refractivity contribution < 1.29 is 17.9 Å². The molecule has 2 aliphatic rings. The van der Waals surface area contributed by atoms with Crippen LogP contribution in [0.2, 0.25) is 5.02 Å². The van der Waals surface area contributed by atoms with Crippen LogP contribution in [0.3, 0.4) is 0 Å². The molecule has 0 aliphatic carbocycles. The van der Waals surface area contributed by atoms with Crippen molar-refractivity contribution in [2.75, 3.05) is 26.2 Å². The molecule has 1 fully saturated rings. The Hall–Kier alpha value is -1.97. The fourth-order valence-corrected chi connectivity index (χ4v) is 5.89. The van der Waals surface area contributed by atoms with Gasteiger partial charge in [-0.15, -0.1) is 0 Å². The number of ether oxygens (including phenoxy) is 1. The highest BCUT2D eigenvalue weighted by molar-refractivity contribution is 7.89. The summed E-state index contributed by atoms with van der Waals surface area (Å²) in [6.45, 7) is 5.17. The molecule has 2 aromatic carbocycles. The number of nitrogens with zero attached hydrogens (tertiary/aromatic N) is 1. The van der Waals surface area contributed by atoms with E-state index in [1.807, 2.05) is 0 Å². The van der Waals surface area contributed by atoms with Crippen molar-refractivity contribution >= 4 is 27.5 Å². The van der Waals surface area contributed by atoms with E-state index in [-0.39, 0.29) is 40.1 Å². The average molecular weight is 492 g/mol. The molecule has 1 saturated heterocycles. The summed E-state index contributed by atoms with van der Waals surface area (Å²) in [5.74, 6) is -0.327. The van der Waals surface area contributed by atoms with E-state index < -0.39 is 10.0 Å². The van der Waals surface area contributed by atoms with E-state index in [0.29, 0.717) is 13.2 Å². The average Bonchev–Trinajstić information content (AvgIpc) is 3.35. The van der Waals surface area contributed by atoms with Crippen LogP contribution in [0.4, 0.5) is 0 Å². The van der Waals surface area contributed by atoms with Crippen LogP contribution in [0, 0.1) is 0 Å². The topological polar surface area (TPSA) is 87.7 Å². The third kappa shape index (κ3) is 5.94. The highest BCUT2D eigenvalue weighted by Crippen LogP contribution is 2.24. The molecule has 2 atom stereocenters. The van der Waals surface area contributed by atoms with Crippen molar-refractivity contribution in [1.29, 1.82) is 0 Å². The minimum atomic E-state index is -3.86. The number of carbonyl (C=O) groups is 1. The molecule has 9 heteroatoms. The lowest BCUT2D eigenvalue weighted by atomic mass is 9.99. The van der Waals surface area contributed by atoms with Gasteiger partial charge in [0.1, 0.15) is 4.90 Å². The number of rotatable bonds is 8. The summed E-state index contributed by atoms with van der Waals surface area (Å²) < 4.78 is 33.6. The Bertz CT molecular complexity index is 1100. The SMILES string of the molecule is CC(CNC(=O)c1ccc(Cl)c(S(=O)(=O)NCC2CCCO2)c1)N1CCc2ccccc2C1. The van der Waals surface area contributed by atoms with Gasteiger partial charge in [0.05, 0.1) is 11.1 Å². The summed E-state index contributed by atoms with van der Waals surface area (Å²) in [5, 5.41) is 3.01. The largest absolute Gasteiger partial charge is 0.377 e. The molecule has 0 aromatic heterocycles. The lowest BCUT2D eigenvalue weighted by molar-refractivity contribution is 0.0932. The van der Waals surface area contributed by atoms with E-state index in [1.165, 1.54) is 23.3 Å². The summed E-state index contributed by atoms with van der Waals surface area (Å²) in [6.07, 6.45) is 2.60. The van der Waals surface area contributed by atoms with Crippen molar-refractivity contribution in [2.24, 2.45) is 0 Å². The monoisotopic (exact) mass is 491 g/mol. The molecule has 2 aliphatic heterocycles. The third-order valence-corrected chi connectivity index (χ3v) is 8.25. The van der Waals surface area contributed by atoms with Gasteiger partial charge in [0.25, 0.3) is 5.91 Å². The zero-order valence-corrected chi connectivity index (χ0v) is 20.3. The predicted molar refractivity (Wildman–Crippen MR) is 128 cm³/mol. The Morgan fingerprint density at radius 1 is 1.24 bits per heavy atom. The van der Waals surface area contributed by atoms with Gasteiger partial charge in [0.15, 0.2) is 0 Å². The van der Waals surface area contributed by atoms with Gasteiger partial charge < -0.3 is 10.1 Å². The number of halogens is 1. The Labute approximate surface area is 200 Å². The van der Waals surface area contributed by atoms with E-state index in [1.54, 1.807) is 6.07 Å². The normalized spacial score (nSPS) is 19.8. The van der Waals surface area contributed by atoms with Gasteiger partial charge in [-0.3, -0.25) is 9.69 Å². The first-order valence-electron chi connectivity index (χ1n) is 11.3. The van der Waals surface area contributed by atoms with Gasteiger partial charge in [-0.1, -0.05) is 35.9 Å². The van der Waals surface area contributed by atoms with E-state index in [2.05, 4.69) is 46.1 Å². The maximum atomic E-state index is 12.8. The van der Waals surface area contributed by atoms with Crippen molar-refractivity contribution in [2.45, 2.75) is 49.8 Å². The van der Waals surface area contributed by atoms with Crippen molar-refractivity contribution in [3.8, 4) is 0 Å². The molecule has 1 amide bonds. The van der Waals surface area contributed by atoms with E-state index in [9.17, 15) is 13.2 Å². The maximum Gasteiger partial charge on any atom is 0.251 e. The molecule has 7 nitrogen and oxygen atoms in total. The molecule has 33 heavy (non-hydrogen) atoms. The Morgan fingerprint density at radius 3 is 2.79 bits per heavy atom. The first-order chi connectivity index (χ1) is 15.8. The molecule has 0 radical (unpaired) electrons. The van der Waals surface area contributed by atoms with Crippen LogP contribution in [-0.2, 0) is 27.7 Å². The highest BCUT2D eigenvalue weighted by Gasteiger charge is 2.24. The number of sulfonamides is 1. The Kier molecular flexibility index (Phi) is 7.71. The number of hydrogen-bond acceptors (Lipinski definition) is 5. The summed E-state index contributed by atoms with van der Waals surface area (Å²) in [5.41, 5.74) is 2.96. The molecule has 2 heterocycles. The van der Waals surface area contributed by atoms with E-state index in [4.69, 9.17) is 16.3 Å². The van der Waals surface area contributed by atoms with Crippen molar-refractivity contribution in [1.82, 2.24) is 14.9 Å². The van der Waals surface area contributed by atoms with Crippen molar-refractivity contribution in [3.05, 3.63) is 64.2 Å². The first kappa shape index (κ1) is 24.2. The zero-order chi connectivity index (χ0) is 23.4. The molecule has 2 aromatic rings. The number of benzene rings is 2. The molecular weight excluding hydrogens is 462 g/mol. The molecule has 0 saturated carbocycles. The molecule has 0 spiro atoms. The smallest absolute Gasteiger partial charge is 0.251 e. The zero-order valence-electron chi connectivity index (χ0n) is 18.7. The van der Waals surface area contributed by atoms with Crippen LogP contribution in [-0.4, -0.2) is 57.6 Å². The predicted octanol–water partition coefficient (Wildman–Crippen LogP) is 2.97. The fraction of sp³-hybridized carbons (Fsp3) is 0.458. The summed E-state index contributed by atoms with van der Waals surface area (Å²) in [4.78, 5) is 15.0. The van der Waals surface area contributed by atoms with Gasteiger partial charge >= 0.3 is 0 Å². The molecular formula is C24H30ClN3O4S. The number of hydrogen-bond donors (Lipinski definition) is 2. The van der Waals surface area contributed by atoms with Gasteiger partial charge in [-0.05, 0) is 55.5 Å². The molecule has 2 unspecified atom stereocenters. The second kappa shape index (κ2) is 10.5. The molecule has 178 valence electrons. The highest BCUT2D eigenvalue weighted by atomic mass is 35.5. The van der Waals surface area contributed by atoms with Crippen LogP contribution in [0.1, 0.15) is 41.3 Å². The quantitative estimate of drug-likeness (QED) is 0.592. The Balaban J connectivity index is 1.36. The third-order valence-electron chi connectivity index (χ3n) is 6.35. The summed E-state index contributed by atoms with van der Waals surface area (Å²) in [7, 11) is -3.86. The lowest BCUT2D eigenvalue weighted by Crippen LogP contribution is -2.44. The van der Waals surface area contributed by atoms with Gasteiger partial charge in [-0.25, -0.2) is 13.1 Å². The first-order valence-corrected chi connectivity index (χ1v) is 13.2. The number of amides is 1. The van der Waals surface area contributed by atoms with Gasteiger partial charge in [0.2, 0.25) is 10.0 Å². The summed E-state index contributed by atoms with van der Waals surface area (Å²) in [6, 6.07) is 12.9. The molecule has 2 N–H and O–H groups in total. The van der Waals surface area contributed by atoms with E-state index >= 15 is 0 Å². The van der Waals surface area contributed by atoms with Crippen LogP contribution in [0.15, 0.2) is 47.4 Å². The second-order valence-electron chi connectivity index (χ2n) is 8.68. The number of nitrogens with one attached hydrogen (secondary N) is 2. The fourth-order valence-electron chi connectivity index (χ4n) is 4.30. The van der Waals surface area contributed by atoms with Gasteiger partial charge in [0, 0.05) is 44.4 Å². The summed E-state index contributed by atoms with van der Waals surface area (Å²) >= 11 is 6.16. The standard InChI is InChI=1S/C24H30ClN3O4S/c1-17(28-11-10-18-5-2-3-6-20(18)16-28)14-26-24(29)19-8-9-22(25)23(13-19)33(30,31)27-15-21-7-4-12-32-21/h2-3,5-6,8-9,13,17,21,27H,4,7,10-12,14-16H2,1H3,(H,26,29). The lowest BCUT2D eigenvalue weighted by Gasteiger charge is -2.33. The van der Waals surface area contributed by atoms with Crippen molar-refractivity contribution in [3.63, 3.8) is 0 Å². The van der Waals surface area contributed by atoms with Crippen LogP contribution < -0.4 is 10.0 Å². The van der Waals surface area contributed by atoms with Crippen LogP contribution in [0.25, 0.3) is 0 Å². The van der Waals surface area contributed by atoms with Gasteiger partial charge in [-0.2, -0.15) is 0 Å². The molecule has 0 bridgehead atoms. The second-order valence-corrected chi connectivity index (χ2v) is 10.8. The minimum absolute atomic E-state index is 0.0757. The molecule has 4 rings (SSSR count). The number of carbonyl (C=O) groups excluding carboxylic acids is 1. The minimum Gasteiger partial charge on any atom is -0.377 e. The maximum absolute atomic E-state index is 12.8. The number of fused-ring (bicyclic) bond motifs is 1.